The second-order valence-corrected chi connectivity index (χ2v) is 6.53. The van der Waals surface area contributed by atoms with Gasteiger partial charge in [-0.25, -0.2) is 9.50 Å². The van der Waals surface area contributed by atoms with E-state index in [9.17, 15) is 0 Å². The summed E-state index contributed by atoms with van der Waals surface area (Å²) >= 11 is 1.86. The van der Waals surface area contributed by atoms with Crippen LogP contribution >= 0.6 is 11.8 Å². The average Bonchev–Trinajstić information content (AvgIpc) is 2.87. The summed E-state index contributed by atoms with van der Waals surface area (Å²) in [5.74, 6) is 0.888. The van der Waals surface area contributed by atoms with Crippen LogP contribution in [-0.4, -0.2) is 26.4 Å². The molecule has 1 aromatic carbocycles. The minimum atomic E-state index is 0.457. The maximum atomic E-state index is 4.42. The summed E-state index contributed by atoms with van der Waals surface area (Å²) in [4.78, 5) is 5.71. The summed E-state index contributed by atoms with van der Waals surface area (Å²) in [6, 6.07) is 12.5. The van der Waals surface area contributed by atoms with Crippen molar-refractivity contribution in [3.8, 4) is 0 Å². The summed E-state index contributed by atoms with van der Waals surface area (Å²) < 4.78 is 1.86. The van der Waals surface area contributed by atoms with Gasteiger partial charge in [0, 0.05) is 29.1 Å². The zero-order valence-electron chi connectivity index (χ0n) is 12.2. The molecular weight excluding hydrogens is 280 g/mol. The molecule has 0 spiro atoms. The van der Waals surface area contributed by atoms with Crippen LogP contribution in [0.15, 0.2) is 53.7 Å². The van der Waals surface area contributed by atoms with E-state index in [-0.39, 0.29) is 0 Å². The molecule has 5 heteroatoms. The van der Waals surface area contributed by atoms with Crippen LogP contribution in [0.5, 0.6) is 0 Å². The number of aryl methyl sites for hydroxylation is 1. The van der Waals surface area contributed by atoms with Crippen LogP contribution in [-0.2, 0) is 0 Å². The van der Waals surface area contributed by atoms with Gasteiger partial charge in [-0.15, -0.1) is 11.8 Å². The number of thioether (sulfide) groups is 1. The Bertz CT molecular complexity index is 723. The Morgan fingerprint density at radius 1 is 1.29 bits per heavy atom. The summed E-state index contributed by atoms with van der Waals surface area (Å²) in [6.45, 7) is 5.06. The minimum absolute atomic E-state index is 0.457. The van der Waals surface area contributed by atoms with E-state index in [1.807, 2.05) is 41.5 Å². The SMILES string of the molecule is Cc1cc2c(NCC(C)Sc3ccccc3)nccn2n1. The maximum Gasteiger partial charge on any atom is 0.152 e. The fourth-order valence-electron chi connectivity index (χ4n) is 2.19. The first kappa shape index (κ1) is 13.9. The van der Waals surface area contributed by atoms with Crippen LogP contribution in [0.3, 0.4) is 0 Å². The highest BCUT2D eigenvalue weighted by Gasteiger charge is 2.08. The third-order valence-electron chi connectivity index (χ3n) is 3.15. The van der Waals surface area contributed by atoms with E-state index in [1.165, 1.54) is 4.90 Å². The Hall–Kier alpha value is -2.01. The fourth-order valence-corrected chi connectivity index (χ4v) is 3.14. The molecule has 1 unspecified atom stereocenters. The van der Waals surface area contributed by atoms with Gasteiger partial charge in [-0.3, -0.25) is 0 Å². The molecule has 2 aromatic heterocycles. The van der Waals surface area contributed by atoms with Crippen molar-refractivity contribution in [1.29, 1.82) is 0 Å². The van der Waals surface area contributed by atoms with Crippen LogP contribution in [0.1, 0.15) is 12.6 Å². The van der Waals surface area contributed by atoms with Crippen LogP contribution in [0.4, 0.5) is 5.82 Å². The van der Waals surface area contributed by atoms with Gasteiger partial charge in [0.05, 0.1) is 5.69 Å². The monoisotopic (exact) mass is 298 g/mol. The molecular formula is C16H18N4S. The Morgan fingerprint density at radius 3 is 2.90 bits per heavy atom. The number of anilines is 1. The fraction of sp³-hybridized carbons (Fsp3) is 0.250. The third kappa shape index (κ3) is 3.36. The lowest BCUT2D eigenvalue weighted by Crippen LogP contribution is -2.14. The smallest absolute Gasteiger partial charge is 0.152 e. The number of aromatic nitrogens is 3. The molecule has 0 fully saturated rings. The van der Waals surface area contributed by atoms with Crippen LogP contribution in [0.2, 0.25) is 0 Å². The molecule has 0 radical (unpaired) electrons. The molecule has 0 bridgehead atoms. The molecule has 3 aromatic rings. The molecule has 4 nitrogen and oxygen atoms in total. The van der Waals surface area contributed by atoms with E-state index in [2.05, 4.69) is 46.6 Å². The van der Waals surface area contributed by atoms with Crippen molar-refractivity contribution in [2.45, 2.75) is 24.0 Å². The van der Waals surface area contributed by atoms with E-state index in [1.54, 1.807) is 6.20 Å². The molecule has 1 N–H and O–H groups in total. The number of fused-ring (bicyclic) bond motifs is 1. The van der Waals surface area contributed by atoms with Crippen molar-refractivity contribution in [3.63, 3.8) is 0 Å². The summed E-state index contributed by atoms with van der Waals surface area (Å²) in [6.07, 6.45) is 3.65. The maximum absolute atomic E-state index is 4.42. The zero-order chi connectivity index (χ0) is 14.7. The van der Waals surface area contributed by atoms with Gasteiger partial charge in [0.1, 0.15) is 5.52 Å². The molecule has 2 heterocycles. The number of hydrogen-bond acceptors (Lipinski definition) is 4. The lowest BCUT2D eigenvalue weighted by Gasteiger charge is -2.13. The molecule has 3 rings (SSSR count). The highest BCUT2D eigenvalue weighted by molar-refractivity contribution is 8.00. The van der Waals surface area contributed by atoms with E-state index in [0.29, 0.717) is 5.25 Å². The molecule has 0 aliphatic heterocycles. The van der Waals surface area contributed by atoms with E-state index < -0.39 is 0 Å². The van der Waals surface area contributed by atoms with Crippen molar-refractivity contribution in [2.24, 2.45) is 0 Å². The van der Waals surface area contributed by atoms with Gasteiger partial charge in [0.2, 0.25) is 0 Å². The van der Waals surface area contributed by atoms with Gasteiger partial charge in [-0.1, -0.05) is 25.1 Å². The number of nitrogens with one attached hydrogen (secondary N) is 1. The van der Waals surface area contributed by atoms with Gasteiger partial charge < -0.3 is 5.32 Å². The standard InChI is InChI=1S/C16H18N4S/c1-12-10-15-16(17-8-9-20(15)19-12)18-11-13(2)21-14-6-4-3-5-7-14/h3-10,13H,11H2,1-2H3,(H,17,18). The highest BCUT2D eigenvalue weighted by atomic mass is 32.2. The van der Waals surface area contributed by atoms with Gasteiger partial charge in [0.25, 0.3) is 0 Å². The predicted molar refractivity (Wildman–Crippen MR) is 88.0 cm³/mol. The Labute approximate surface area is 128 Å². The summed E-state index contributed by atoms with van der Waals surface area (Å²) in [5, 5.41) is 8.29. The number of rotatable bonds is 5. The first-order chi connectivity index (χ1) is 10.2. The predicted octanol–water partition coefficient (Wildman–Crippen LogP) is 3.63. The first-order valence-corrected chi connectivity index (χ1v) is 7.87. The molecule has 0 aliphatic carbocycles. The summed E-state index contributed by atoms with van der Waals surface area (Å²) in [7, 11) is 0. The van der Waals surface area contributed by atoms with Gasteiger partial charge in [-0.2, -0.15) is 5.10 Å². The van der Waals surface area contributed by atoms with Gasteiger partial charge in [-0.05, 0) is 25.1 Å². The van der Waals surface area contributed by atoms with Crippen LogP contribution < -0.4 is 5.32 Å². The van der Waals surface area contributed by atoms with Crippen molar-refractivity contribution in [2.75, 3.05) is 11.9 Å². The minimum Gasteiger partial charge on any atom is -0.367 e. The van der Waals surface area contributed by atoms with Crippen molar-refractivity contribution >= 4 is 23.1 Å². The van der Waals surface area contributed by atoms with E-state index in [4.69, 9.17) is 0 Å². The average molecular weight is 298 g/mol. The van der Waals surface area contributed by atoms with Gasteiger partial charge in [0.15, 0.2) is 5.82 Å². The second-order valence-electron chi connectivity index (χ2n) is 5.01. The van der Waals surface area contributed by atoms with E-state index >= 15 is 0 Å². The lowest BCUT2D eigenvalue weighted by molar-refractivity contribution is 0.916. The molecule has 21 heavy (non-hydrogen) atoms. The molecule has 0 amide bonds. The molecule has 1 atom stereocenters. The number of hydrogen-bond donors (Lipinski definition) is 1. The van der Waals surface area contributed by atoms with E-state index in [0.717, 1.165) is 23.6 Å². The lowest BCUT2D eigenvalue weighted by atomic mass is 10.4. The van der Waals surface area contributed by atoms with Gasteiger partial charge >= 0.3 is 0 Å². The number of nitrogens with zero attached hydrogens (tertiary/aromatic N) is 3. The van der Waals surface area contributed by atoms with Crippen LogP contribution in [0, 0.1) is 6.92 Å². The molecule has 0 saturated heterocycles. The molecule has 108 valence electrons. The van der Waals surface area contributed by atoms with Crippen molar-refractivity contribution in [1.82, 2.24) is 14.6 Å². The normalized spacial score (nSPS) is 12.5. The highest BCUT2D eigenvalue weighted by Crippen LogP contribution is 2.23. The quantitative estimate of drug-likeness (QED) is 0.730. The summed E-state index contributed by atoms with van der Waals surface area (Å²) in [5.41, 5.74) is 2.02. The van der Waals surface area contributed by atoms with Crippen molar-refractivity contribution in [3.05, 3.63) is 54.5 Å². The second kappa shape index (κ2) is 6.18. The Morgan fingerprint density at radius 2 is 2.10 bits per heavy atom. The first-order valence-electron chi connectivity index (χ1n) is 6.99. The Balaban J connectivity index is 1.66. The zero-order valence-corrected chi connectivity index (χ0v) is 13.0. The molecule has 0 aliphatic rings. The van der Waals surface area contributed by atoms with Crippen LogP contribution in [0.25, 0.3) is 5.52 Å². The number of benzene rings is 1. The molecule has 0 saturated carbocycles. The topological polar surface area (TPSA) is 42.2 Å². The Kier molecular flexibility index (Phi) is 4.10. The largest absolute Gasteiger partial charge is 0.367 e. The third-order valence-corrected chi connectivity index (χ3v) is 4.26. The van der Waals surface area contributed by atoms with Crippen molar-refractivity contribution < 1.29 is 0 Å².